The molecular formula is C22H24ClP. The molecule has 0 radical (unpaired) electrons. The fourth-order valence-electron chi connectivity index (χ4n) is 3.85. The number of hydrogen-bond donors (Lipinski definition) is 0. The molecule has 0 saturated carbocycles. The summed E-state index contributed by atoms with van der Waals surface area (Å²) in [6.45, 7) is 6.75. The number of halogens is 1. The molecule has 24 heavy (non-hydrogen) atoms. The maximum absolute atomic E-state index is 7.45. The third-order valence-corrected chi connectivity index (χ3v) is 8.51. The summed E-state index contributed by atoms with van der Waals surface area (Å²) >= 11 is 7.45. The van der Waals surface area contributed by atoms with Gasteiger partial charge in [0.1, 0.15) is 0 Å². The van der Waals surface area contributed by atoms with Crippen LogP contribution in [0.15, 0.2) is 91.0 Å². The molecule has 124 valence electrons. The van der Waals surface area contributed by atoms with Crippen molar-refractivity contribution in [3.63, 3.8) is 0 Å². The molecule has 0 atom stereocenters. The molecule has 0 N–H and O–H groups in total. The second kappa shape index (κ2) is 6.03. The van der Waals surface area contributed by atoms with Crippen molar-refractivity contribution in [2.24, 2.45) is 0 Å². The van der Waals surface area contributed by atoms with Gasteiger partial charge in [-0.25, -0.2) is 0 Å². The van der Waals surface area contributed by atoms with E-state index in [4.69, 9.17) is 11.2 Å². The van der Waals surface area contributed by atoms with Gasteiger partial charge in [0.15, 0.2) is 0 Å². The third-order valence-electron chi connectivity index (χ3n) is 4.71. The molecule has 0 bridgehead atoms. The minimum absolute atomic E-state index is 0.350. The predicted molar refractivity (Wildman–Crippen MR) is 110 cm³/mol. The molecule has 0 aliphatic carbocycles. The van der Waals surface area contributed by atoms with Gasteiger partial charge >= 0.3 is 150 Å². The first-order valence-corrected chi connectivity index (χ1v) is 12.7. The van der Waals surface area contributed by atoms with Crippen LogP contribution in [0.3, 0.4) is 0 Å². The molecule has 0 aromatic heterocycles. The molecule has 0 aliphatic rings. The van der Waals surface area contributed by atoms with E-state index >= 15 is 0 Å². The molecule has 0 amide bonds. The molecule has 0 heterocycles. The van der Waals surface area contributed by atoms with Gasteiger partial charge in [-0.3, -0.25) is 0 Å². The average molecular weight is 355 g/mol. The zero-order valence-electron chi connectivity index (χ0n) is 14.5. The fraction of sp³-hybridized carbons (Fsp3) is 0.182. The summed E-state index contributed by atoms with van der Waals surface area (Å²) in [6, 6.07) is 32.1. The van der Waals surface area contributed by atoms with Gasteiger partial charge in [0.05, 0.1) is 0 Å². The molecule has 3 rings (SSSR count). The SMILES string of the molecule is CP(C)(C)(Cl)C(c1ccccc1)(c1ccccc1)c1ccccc1. The Bertz CT molecular complexity index is 696. The monoisotopic (exact) mass is 354 g/mol. The molecule has 0 nitrogen and oxygen atoms in total. The van der Waals surface area contributed by atoms with Crippen LogP contribution < -0.4 is 0 Å². The first kappa shape index (κ1) is 17.2. The predicted octanol–water partition coefficient (Wildman–Crippen LogP) is 6.58. The van der Waals surface area contributed by atoms with E-state index in [9.17, 15) is 0 Å². The number of hydrogen-bond acceptors (Lipinski definition) is 0. The summed E-state index contributed by atoms with van der Waals surface area (Å²) in [5.74, 6) is -2.68. The van der Waals surface area contributed by atoms with Crippen LogP contribution in [0.2, 0.25) is 0 Å². The van der Waals surface area contributed by atoms with E-state index in [2.05, 4.69) is 111 Å². The van der Waals surface area contributed by atoms with Gasteiger partial charge in [-0.1, -0.05) is 0 Å². The zero-order valence-corrected chi connectivity index (χ0v) is 16.1. The van der Waals surface area contributed by atoms with Crippen molar-refractivity contribution in [2.75, 3.05) is 20.0 Å². The van der Waals surface area contributed by atoms with Gasteiger partial charge in [-0.2, -0.15) is 0 Å². The molecule has 2 heteroatoms. The van der Waals surface area contributed by atoms with Gasteiger partial charge in [-0.05, 0) is 0 Å². The summed E-state index contributed by atoms with van der Waals surface area (Å²) in [4.78, 5) is 0. The van der Waals surface area contributed by atoms with Crippen molar-refractivity contribution in [1.29, 1.82) is 0 Å². The third kappa shape index (κ3) is 2.79. The van der Waals surface area contributed by atoms with E-state index in [-0.39, 0.29) is 5.16 Å². The molecular weight excluding hydrogens is 331 g/mol. The Morgan fingerprint density at radius 3 is 1.00 bits per heavy atom. The van der Waals surface area contributed by atoms with Crippen LogP contribution in [0.4, 0.5) is 0 Å². The Morgan fingerprint density at radius 1 is 0.542 bits per heavy atom. The average Bonchev–Trinajstić information content (AvgIpc) is 2.56. The van der Waals surface area contributed by atoms with Crippen LogP contribution in [0.25, 0.3) is 0 Å². The van der Waals surface area contributed by atoms with E-state index in [0.29, 0.717) is 0 Å². The first-order chi connectivity index (χ1) is 11.3. The van der Waals surface area contributed by atoms with Crippen LogP contribution in [-0.4, -0.2) is 20.0 Å². The Balaban J connectivity index is 2.48. The Hall–Kier alpha value is -1.62. The second-order valence-corrected chi connectivity index (χ2v) is 16.8. The summed E-state index contributed by atoms with van der Waals surface area (Å²) in [6.07, 6.45) is 0. The summed E-state index contributed by atoms with van der Waals surface area (Å²) in [7, 11) is 0. The second-order valence-electron chi connectivity index (χ2n) is 7.41. The van der Waals surface area contributed by atoms with Crippen LogP contribution in [0.5, 0.6) is 0 Å². The van der Waals surface area contributed by atoms with Crippen molar-refractivity contribution in [3.05, 3.63) is 108 Å². The van der Waals surface area contributed by atoms with E-state index in [1.54, 1.807) is 0 Å². The van der Waals surface area contributed by atoms with Crippen molar-refractivity contribution in [3.8, 4) is 0 Å². The number of rotatable bonds is 4. The van der Waals surface area contributed by atoms with Crippen LogP contribution in [0, 0.1) is 0 Å². The van der Waals surface area contributed by atoms with Crippen molar-refractivity contribution < 1.29 is 0 Å². The topological polar surface area (TPSA) is 0 Å². The van der Waals surface area contributed by atoms with E-state index in [0.717, 1.165) is 0 Å². The van der Waals surface area contributed by atoms with Gasteiger partial charge in [-0.15, -0.1) is 0 Å². The molecule has 0 aliphatic heterocycles. The van der Waals surface area contributed by atoms with Crippen LogP contribution in [-0.2, 0) is 5.16 Å². The van der Waals surface area contributed by atoms with Crippen LogP contribution >= 0.6 is 17.2 Å². The quantitative estimate of drug-likeness (QED) is 0.367. The molecule has 0 spiro atoms. The summed E-state index contributed by atoms with van der Waals surface area (Å²) in [5.41, 5.74) is 3.76. The van der Waals surface area contributed by atoms with Crippen molar-refractivity contribution in [2.45, 2.75) is 5.16 Å². The molecule has 3 aromatic carbocycles. The first-order valence-electron chi connectivity index (χ1n) is 8.22. The van der Waals surface area contributed by atoms with E-state index < -0.39 is 5.96 Å². The van der Waals surface area contributed by atoms with E-state index in [1.165, 1.54) is 16.7 Å². The molecule has 0 fully saturated rings. The Labute approximate surface area is 150 Å². The summed E-state index contributed by atoms with van der Waals surface area (Å²) in [5, 5.41) is -0.350. The number of benzene rings is 3. The molecule has 0 unspecified atom stereocenters. The van der Waals surface area contributed by atoms with Crippen molar-refractivity contribution >= 4 is 17.2 Å². The Morgan fingerprint density at radius 2 is 0.792 bits per heavy atom. The van der Waals surface area contributed by atoms with Gasteiger partial charge in [0, 0.05) is 0 Å². The van der Waals surface area contributed by atoms with Gasteiger partial charge in [0.2, 0.25) is 0 Å². The van der Waals surface area contributed by atoms with E-state index in [1.807, 2.05) is 0 Å². The maximum atomic E-state index is 7.45. The van der Waals surface area contributed by atoms with Gasteiger partial charge < -0.3 is 0 Å². The minimum atomic E-state index is -2.68. The normalized spacial score (nSPS) is 13.9. The van der Waals surface area contributed by atoms with Crippen LogP contribution in [0.1, 0.15) is 16.7 Å². The standard InChI is InChI=1S/C22H24ClP/c1-24(2,3,23)22(19-13-7-4-8-14-19,20-15-9-5-10-16-20)21-17-11-6-12-18-21/h4-18H,1-3H3. The zero-order chi connectivity index (χ0) is 17.3. The molecule has 3 aromatic rings. The molecule has 0 saturated heterocycles. The summed E-state index contributed by atoms with van der Waals surface area (Å²) < 4.78 is 0. The Kier molecular flexibility index (Phi) is 4.32. The van der Waals surface area contributed by atoms with Gasteiger partial charge in [0.25, 0.3) is 0 Å². The fourth-order valence-corrected chi connectivity index (χ4v) is 7.79. The van der Waals surface area contributed by atoms with Crippen molar-refractivity contribution in [1.82, 2.24) is 0 Å².